The van der Waals surface area contributed by atoms with Crippen LogP contribution in [0, 0.1) is 11.8 Å². The number of hydrogen-bond donors (Lipinski definition) is 0. The Balaban J connectivity index is 0.000000134. The monoisotopic (exact) mass is 640 g/mol. The molecule has 41 heavy (non-hydrogen) atoms. The van der Waals surface area contributed by atoms with Crippen LogP contribution in [0.1, 0.15) is 64.2 Å². The van der Waals surface area contributed by atoms with Crippen molar-refractivity contribution in [2.24, 2.45) is 11.8 Å². The van der Waals surface area contributed by atoms with Crippen LogP contribution in [0.4, 0.5) is 11.4 Å². The summed E-state index contributed by atoms with van der Waals surface area (Å²) >= 11 is 0. The Labute approximate surface area is 260 Å². The summed E-state index contributed by atoms with van der Waals surface area (Å²) in [4.78, 5) is 0. The van der Waals surface area contributed by atoms with Crippen molar-refractivity contribution < 1.29 is 19.5 Å². The van der Waals surface area contributed by atoms with Crippen LogP contribution in [0.25, 0.3) is 44.1 Å². The fourth-order valence-corrected chi connectivity index (χ4v) is 6.64. The second-order valence-corrected chi connectivity index (χ2v) is 11.5. The van der Waals surface area contributed by atoms with Crippen molar-refractivity contribution in [1.82, 2.24) is 0 Å². The first-order chi connectivity index (χ1) is 19.9. The second-order valence-electron chi connectivity index (χ2n) is 11.5. The van der Waals surface area contributed by atoms with Gasteiger partial charge >= 0.3 is 19.5 Å². The van der Waals surface area contributed by atoms with Gasteiger partial charge in [-0.2, -0.15) is 12.4 Å². The topological polar surface area (TPSA) is 84.6 Å². The summed E-state index contributed by atoms with van der Waals surface area (Å²) in [5, 5.41) is 29.1. The van der Waals surface area contributed by atoms with E-state index >= 15 is 0 Å². The zero-order valence-electron chi connectivity index (χ0n) is 24.4. The summed E-state index contributed by atoms with van der Waals surface area (Å²) in [5.41, 5.74) is 2.09. The molecule has 4 unspecified atom stereocenters. The molecule has 6 aliphatic heterocycles. The van der Waals surface area contributed by atoms with E-state index in [4.69, 9.17) is 10.6 Å². The van der Waals surface area contributed by atoms with E-state index in [1.165, 1.54) is 68.2 Å². The molecule has 1 aromatic rings. The molecule has 4 atom stereocenters. The van der Waals surface area contributed by atoms with Gasteiger partial charge in [-0.15, -0.1) is 68.8 Å². The zero-order valence-corrected chi connectivity index (χ0v) is 26.2. The minimum Gasteiger partial charge on any atom is -0.687 e. The molecular weight excluding hydrogens is 593 g/mol. The number of benzene rings is 1. The Hall–Kier alpha value is -1.92. The van der Waals surface area contributed by atoms with Crippen LogP contribution in [-0.4, -0.2) is 51.4 Å². The van der Waals surface area contributed by atoms with Crippen molar-refractivity contribution >= 4 is 23.5 Å². The molecule has 1 aliphatic carbocycles. The molecule has 218 valence electrons. The minimum atomic E-state index is 0. The Bertz CT molecular complexity index is 1080. The fourth-order valence-electron chi connectivity index (χ4n) is 6.64. The minimum absolute atomic E-state index is 0. The van der Waals surface area contributed by atoms with Crippen LogP contribution >= 0.6 is 0 Å². The molecular formula is C34H46N6Ru+2. The number of nitrogens with zero attached hydrogens (tertiary/aromatic N) is 6. The second kappa shape index (κ2) is 17.9. The maximum atomic E-state index is 4.84. The Kier molecular flexibility index (Phi) is 14.0. The number of rotatable bonds is 0. The van der Waals surface area contributed by atoms with E-state index in [0.717, 1.165) is 68.9 Å². The largest absolute Gasteiger partial charge is 8.00 e. The smallest absolute Gasteiger partial charge is 0.687 e. The van der Waals surface area contributed by atoms with Gasteiger partial charge < -0.3 is 31.9 Å². The van der Waals surface area contributed by atoms with Gasteiger partial charge in [-0.1, -0.05) is 119 Å². The summed E-state index contributed by atoms with van der Waals surface area (Å²) in [6, 6.07) is 5.49. The molecule has 0 aromatic heterocycles. The number of piperidine rings is 3. The average Bonchev–Trinajstić information content (AvgIpc) is 3.07. The van der Waals surface area contributed by atoms with Crippen LogP contribution in [0.5, 0.6) is 0 Å². The summed E-state index contributed by atoms with van der Waals surface area (Å²) in [6.45, 7) is 6.22. The predicted molar refractivity (Wildman–Crippen MR) is 171 cm³/mol. The number of fused-ring (bicyclic) bond motifs is 6. The van der Waals surface area contributed by atoms with Crippen LogP contribution in [0.15, 0.2) is 48.8 Å². The molecule has 3 saturated heterocycles. The third-order valence-electron chi connectivity index (χ3n) is 8.69. The first-order valence-corrected chi connectivity index (χ1v) is 15.7. The van der Waals surface area contributed by atoms with Crippen LogP contribution in [0.3, 0.4) is 0 Å². The Morgan fingerprint density at radius 2 is 1.37 bits per heavy atom. The van der Waals surface area contributed by atoms with Crippen molar-refractivity contribution in [3.8, 4) is 0 Å². The van der Waals surface area contributed by atoms with E-state index in [9.17, 15) is 0 Å². The molecule has 0 spiro atoms. The quantitative estimate of drug-likeness (QED) is 0.256. The van der Waals surface area contributed by atoms with E-state index in [2.05, 4.69) is 45.6 Å². The van der Waals surface area contributed by atoms with Crippen LogP contribution in [0.2, 0.25) is 0 Å². The van der Waals surface area contributed by atoms with Crippen molar-refractivity contribution in [1.29, 1.82) is 0 Å². The van der Waals surface area contributed by atoms with Gasteiger partial charge in [0.15, 0.2) is 0 Å². The molecule has 1 aromatic carbocycles. The maximum Gasteiger partial charge on any atom is 8.00 e. The summed E-state index contributed by atoms with van der Waals surface area (Å²) < 4.78 is 0. The Morgan fingerprint density at radius 1 is 0.634 bits per heavy atom. The van der Waals surface area contributed by atoms with Gasteiger partial charge in [-0.3, -0.25) is 0 Å². The van der Waals surface area contributed by atoms with E-state index in [0.29, 0.717) is 12.1 Å². The van der Waals surface area contributed by atoms with Gasteiger partial charge in [0.1, 0.15) is 0 Å². The maximum absolute atomic E-state index is 4.84. The van der Waals surface area contributed by atoms with Gasteiger partial charge in [0, 0.05) is 0 Å². The van der Waals surface area contributed by atoms with Gasteiger partial charge in [-0.05, 0) is 10.4 Å². The Morgan fingerprint density at radius 3 is 1.93 bits per heavy atom. The molecule has 1 saturated carbocycles. The fraction of sp³-hybridized carbons (Fsp3) is 0.588. The van der Waals surface area contributed by atoms with Crippen molar-refractivity contribution in [2.45, 2.75) is 76.3 Å². The standard InChI is InChI=1S/C12H20N2.C12H10N2.C5H10N.C5H6N.Ru/c2*1-3-9-5-6-10-4-2-8-14-12(10)11(9)13-7-1;2*1-2-4-6-5-3-1;/h9-12H,1-8H2;1,3-7H,2,8H2;1-5H2;1-4H,5H2;/q2*-2;2*-1;+8. The molecule has 4 fully saturated rings. The van der Waals surface area contributed by atoms with Crippen molar-refractivity contribution in [2.75, 3.05) is 39.3 Å². The predicted octanol–water partition coefficient (Wildman–Crippen LogP) is 8.26. The van der Waals surface area contributed by atoms with E-state index < -0.39 is 0 Å². The molecule has 7 heteroatoms. The third-order valence-corrected chi connectivity index (χ3v) is 8.69. The van der Waals surface area contributed by atoms with E-state index in [1.54, 1.807) is 6.20 Å². The van der Waals surface area contributed by atoms with Crippen molar-refractivity contribution in [3.05, 3.63) is 91.2 Å². The van der Waals surface area contributed by atoms with Gasteiger partial charge in [0.2, 0.25) is 0 Å². The average molecular weight is 640 g/mol. The zero-order chi connectivity index (χ0) is 27.2. The van der Waals surface area contributed by atoms with Crippen LogP contribution in [-0.2, 0) is 19.5 Å². The van der Waals surface area contributed by atoms with Crippen molar-refractivity contribution in [3.63, 3.8) is 0 Å². The third kappa shape index (κ3) is 9.54. The summed E-state index contributed by atoms with van der Waals surface area (Å²) in [6.07, 6.45) is 29.3. The molecule has 0 bridgehead atoms. The number of allylic oxidation sites excluding steroid dienone is 3. The SMILES string of the molecule is C1=CC[N-]C=C1.C1=C[N-]c2c3c(ccc2=C1)=CCC[N-]3.C1CC[N-]CC1.C1C[N-]C2C(C1)CCC1CCC[N-]C12.[Ru+8]. The molecule has 6 heterocycles. The van der Waals surface area contributed by atoms with Gasteiger partial charge in [0.05, 0.1) is 0 Å². The molecule has 0 N–H and O–H groups in total. The normalized spacial score (nSPS) is 28.1. The van der Waals surface area contributed by atoms with Crippen LogP contribution < -0.4 is 10.4 Å². The molecule has 8 rings (SSSR count). The summed E-state index contributed by atoms with van der Waals surface area (Å²) in [7, 11) is 0. The first kappa shape index (κ1) is 32.0. The first-order valence-electron chi connectivity index (χ1n) is 15.7. The van der Waals surface area contributed by atoms with Gasteiger partial charge in [-0.25, -0.2) is 0 Å². The van der Waals surface area contributed by atoms with E-state index in [1.807, 2.05) is 30.5 Å². The number of hydrogen-bond acceptors (Lipinski definition) is 0. The molecule has 0 amide bonds. The molecule has 6 nitrogen and oxygen atoms in total. The van der Waals surface area contributed by atoms with Gasteiger partial charge in [0.25, 0.3) is 0 Å². The summed E-state index contributed by atoms with van der Waals surface area (Å²) in [5.74, 6) is 1.79. The van der Waals surface area contributed by atoms with E-state index in [-0.39, 0.29) is 19.5 Å². The molecule has 0 radical (unpaired) electrons. The molecule has 7 aliphatic rings.